The van der Waals surface area contributed by atoms with E-state index in [1.54, 1.807) is 24.3 Å². The van der Waals surface area contributed by atoms with Gasteiger partial charge in [-0.15, -0.1) is 0 Å². The van der Waals surface area contributed by atoms with Gasteiger partial charge in [-0.05, 0) is 37.1 Å². The van der Waals surface area contributed by atoms with E-state index in [-0.39, 0.29) is 24.2 Å². The van der Waals surface area contributed by atoms with Crippen molar-refractivity contribution in [2.75, 3.05) is 31.5 Å². The second-order valence-electron chi connectivity index (χ2n) is 7.36. The molecule has 152 valence electrons. The Bertz CT molecular complexity index is 771. The number of nitrogens with one attached hydrogen (secondary N) is 2. The van der Waals surface area contributed by atoms with Crippen LogP contribution >= 0.6 is 0 Å². The second kappa shape index (κ2) is 8.22. The number of amides is 2. The molecule has 0 unspecified atom stereocenters. The first-order chi connectivity index (χ1) is 13.2. The van der Waals surface area contributed by atoms with Crippen molar-refractivity contribution in [2.24, 2.45) is 5.92 Å². The average Bonchev–Trinajstić information content (AvgIpc) is 2.60. The smallest absolute Gasteiger partial charge is 0.317 e. The molecule has 9 heteroatoms. The fourth-order valence-corrected chi connectivity index (χ4v) is 3.79. The van der Waals surface area contributed by atoms with Gasteiger partial charge in [-0.2, -0.15) is 0 Å². The van der Waals surface area contributed by atoms with Crippen LogP contribution in [0.15, 0.2) is 24.3 Å². The molecule has 0 bridgehead atoms. The average molecular weight is 395 g/mol. The standard InChI is InChI=1S/C19H23F2N3O4/c20-19(21)11-24(10-17(26)27)7-6-15(19)12-2-1-3-14(8-12)22-9-13-4-5-16(25)23-18(13)28/h1-3,8,13,15,22H,4-7,9-11H2,(H,26,27)(H,23,25,28)/t13-,15-/m1/s1. The molecule has 2 saturated heterocycles. The number of carbonyl (C=O) groups excluding carboxylic acids is 2. The van der Waals surface area contributed by atoms with E-state index >= 15 is 0 Å². The summed E-state index contributed by atoms with van der Waals surface area (Å²) in [6, 6.07) is 6.72. The van der Waals surface area contributed by atoms with E-state index in [2.05, 4.69) is 10.6 Å². The fraction of sp³-hybridized carbons (Fsp3) is 0.526. The molecule has 2 amide bonds. The van der Waals surface area contributed by atoms with Crippen molar-refractivity contribution in [3.05, 3.63) is 29.8 Å². The first-order valence-corrected chi connectivity index (χ1v) is 9.24. The Morgan fingerprint density at radius 3 is 2.79 bits per heavy atom. The third kappa shape index (κ3) is 4.83. The molecule has 2 heterocycles. The second-order valence-corrected chi connectivity index (χ2v) is 7.36. The lowest BCUT2D eigenvalue weighted by atomic mass is 9.86. The zero-order chi connectivity index (χ0) is 20.3. The highest BCUT2D eigenvalue weighted by Crippen LogP contribution is 2.40. The van der Waals surface area contributed by atoms with Gasteiger partial charge in [0.15, 0.2) is 0 Å². The summed E-state index contributed by atoms with van der Waals surface area (Å²) in [4.78, 5) is 35.0. The van der Waals surface area contributed by atoms with Crippen molar-refractivity contribution < 1.29 is 28.3 Å². The number of nitrogens with zero attached hydrogens (tertiary/aromatic N) is 1. The van der Waals surface area contributed by atoms with Crippen LogP contribution in [0.4, 0.5) is 14.5 Å². The predicted octanol–water partition coefficient (Wildman–Crippen LogP) is 1.66. The Hall–Kier alpha value is -2.55. The van der Waals surface area contributed by atoms with Crippen LogP contribution in [0.25, 0.3) is 0 Å². The predicted molar refractivity (Wildman–Crippen MR) is 97.2 cm³/mol. The lowest BCUT2D eigenvalue weighted by Gasteiger charge is -2.38. The third-order valence-electron chi connectivity index (χ3n) is 5.23. The summed E-state index contributed by atoms with van der Waals surface area (Å²) < 4.78 is 29.2. The molecular weight excluding hydrogens is 372 g/mol. The van der Waals surface area contributed by atoms with Crippen molar-refractivity contribution in [2.45, 2.75) is 31.1 Å². The Balaban J connectivity index is 1.63. The van der Waals surface area contributed by atoms with Gasteiger partial charge in [-0.25, -0.2) is 8.78 Å². The van der Waals surface area contributed by atoms with Gasteiger partial charge in [0.25, 0.3) is 5.92 Å². The maximum absolute atomic E-state index is 14.6. The highest BCUT2D eigenvalue weighted by atomic mass is 19.3. The first kappa shape index (κ1) is 20.2. The molecule has 2 aliphatic heterocycles. The van der Waals surface area contributed by atoms with Crippen LogP contribution in [0.2, 0.25) is 0 Å². The summed E-state index contributed by atoms with van der Waals surface area (Å²) in [7, 11) is 0. The number of likely N-dealkylation sites (tertiary alicyclic amines) is 1. The van der Waals surface area contributed by atoms with Gasteiger partial charge >= 0.3 is 5.97 Å². The highest BCUT2D eigenvalue weighted by Gasteiger charge is 2.45. The van der Waals surface area contributed by atoms with E-state index in [0.717, 1.165) is 0 Å². The number of carbonyl (C=O) groups is 3. The summed E-state index contributed by atoms with van der Waals surface area (Å²) in [5, 5.41) is 14.2. The Morgan fingerprint density at radius 2 is 2.11 bits per heavy atom. The molecule has 0 spiro atoms. The minimum Gasteiger partial charge on any atom is -0.480 e. The van der Waals surface area contributed by atoms with E-state index in [0.29, 0.717) is 37.2 Å². The van der Waals surface area contributed by atoms with Gasteiger partial charge in [0, 0.05) is 18.7 Å². The Labute approximate surface area is 161 Å². The van der Waals surface area contributed by atoms with Crippen LogP contribution in [-0.4, -0.2) is 59.9 Å². The van der Waals surface area contributed by atoms with E-state index in [4.69, 9.17) is 5.11 Å². The van der Waals surface area contributed by atoms with Gasteiger partial charge in [-0.1, -0.05) is 12.1 Å². The van der Waals surface area contributed by atoms with Gasteiger partial charge in [-0.3, -0.25) is 24.6 Å². The molecule has 0 aromatic heterocycles. The Kier molecular flexibility index (Phi) is 5.93. The molecule has 28 heavy (non-hydrogen) atoms. The molecule has 0 saturated carbocycles. The van der Waals surface area contributed by atoms with Gasteiger partial charge in [0.05, 0.1) is 24.9 Å². The topological polar surface area (TPSA) is 98.7 Å². The van der Waals surface area contributed by atoms with E-state index in [1.807, 2.05) is 0 Å². The molecule has 0 radical (unpaired) electrons. The quantitative estimate of drug-likeness (QED) is 0.634. The SMILES string of the molecule is O=C(O)CN1CC[C@H](c2cccc(NC[C@H]3CCC(=O)NC3=O)c2)C(F)(F)C1. The number of anilines is 1. The van der Waals surface area contributed by atoms with Crippen LogP contribution in [0.5, 0.6) is 0 Å². The molecule has 7 nitrogen and oxygen atoms in total. The highest BCUT2D eigenvalue weighted by molar-refractivity contribution is 5.98. The van der Waals surface area contributed by atoms with E-state index in [9.17, 15) is 23.2 Å². The summed E-state index contributed by atoms with van der Waals surface area (Å²) in [5.74, 6) is -6.08. The molecule has 1 aromatic carbocycles. The molecule has 2 atom stereocenters. The van der Waals surface area contributed by atoms with Crippen LogP contribution in [0.1, 0.15) is 30.7 Å². The number of benzene rings is 1. The lowest BCUT2D eigenvalue weighted by Crippen LogP contribution is -2.48. The first-order valence-electron chi connectivity index (χ1n) is 9.24. The van der Waals surface area contributed by atoms with Crippen molar-refractivity contribution in [3.8, 4) is 0 Å². The molecule has 2 aliphatic rings. The van der Waals surface area contributed by atoms with E-state index < -0.39 is 30.9 Å². The number of rotatable bonds is 6. The number of carboxylic acids is 1. The monoisotopic (exact) mass is 395 g/mol. The van der Waals surface area contributed by atoms with Crippen molar-refractivity contribution in [3.63, 3.8) is 0 Å². The number of halogens is 2. The Morgan fingerprint density at radius 1 is 1.32 bits per heavy atom. The minimum absolute atomic E-state index is 0.164. The van der Waals surface area contributed by atoms with Gasteiger partial charge in [0.1, 0.15) is 0 Å². The zero-order valence-corrected chi connectivity index (χ0v) is 15.3. The van der Waals surface area contributed by atoms with Crippen LogP contribution in [-0.2, 0) is 14.4 Å². The molecule has 1 aromatic rings. The normalized spacial score (nSPS) is 25.2. The van der Waals surface area contributed by atoms with Crippen molar-refractivity contribution >= 4 is 23.5 Å². The summed E-state index contributed by atoms with van der Waals surface area (Å²) >= 11 is 0. The number of carboxylic acid groups (broad SMARTS) is 1. The maximum Gasteiger partial charge on any atom is 0.317 e. The van der Waals surface area contributed by atoms with Crippen LogP contribution in [0.3, 0.4) is 0 Å². The van der Waals surface area contributed by atoms with Crippen molar-refractivity contribution in [1.29, 1.82) is 0 Å². The van der Waals surface area contributed by atoms with E-state index in [1.165, 1.54) is 4.90 Å². The largest absolute Gasteiger partial charge is 0.480 e. The zero-order valence-electron chi connectivity index (χ0n) is 15.3. The van der Waals surface area contributed by atoms with Gasteiger partial charge < -0.3 is 10.4 Å². The van der Waals surface area contributed by atoms with Crippen LogP contribution in [0, 0.1) is 5.92 Å². The fourth-order valence-electron chi connectivity index (χ4n) is 3.79. The third-order valence-corrected chi connectivity index (χ3v) is 5.23. The summed E-state index contributed by atoms with van der Waals surface area (Å²) in [5.41, 5.74) is 1.11. The molecular formula is C19H23F2N3O4. The number of piperidine rings is 2. The van der Waals surface area contributed by atoms with Crippen molar-refractivity contribution in [1.82, 2.24) is 10.2 Å². The van der Waals surface area contributed by atoms with Gasteiger partial charge in [0.2, 0.25) is 11.8 Å². The number of hydrogen-bond acceptors (Lipinski definition) is 5. The number of alkyl halides is 2. The lowest BCUT2D eigenvalue weighted by molar-refractivity contribution is -0.142. The van der Waals surface area contributed by atoms with Crippen LogP contribution < -0.4 is 10.6 Å². The summed E-state index contributed by atoms with van der Waals surface area (Å²) in [6.07, 6.45) is 0.910. The molecule has 0 aliphatic carbocycles. The summed E-state index contributed by atoms with van der Waals surface area (Å²) in [6.45, 7) is -0.371. The minimum atomic E-state index is -3.03. The molecule has 3 N–H and O–H groups in total. The molecule has 2 fully saturated rings. The number of hydrogen-bond donors (Lipinski definition) is 3. The number of aliphatic carboxylic acids is 1. The number of imide groups is 1. The molecule has 3 rings (SSSR count). The maximum atomic E-state index is 14.6.